The Kier molecular flexibility index (Phi) is 3.81. The van der Waals surface area contributed by atoms with Gasteiger partial charge in [0.15, 0.2) is 11.3 Å². The van der Waals surface area contributed by atoms with E-state index in [1.807, 2.05) is 24.3 Å². The number of carbonyl (C=O) groups excluding carboxylic acids is 1. The smallest absolute Gasteiger partial charge is 0.359 e. The van der Waals surface area contributed by atoms with E-state index in [-0.39, 0.29) is 5.69 Å². The van der Waals surface area contributed by atoms with E-state index < -0.39 is 5.97 Å². The van der Waals surface area contributed by atoms with Crippen molar-refractivity contribution in [2.24, 2.45) is 0 Å². The Morgan fingerprint density at radius 3 is 2.86 bits per heavy atom. The van der Waals surface area contributed by atoms with E-state index >= 15 is 0 Å². The zero-order valence-corrected chi connectivity index (χ0v) is 13.8. The number of hydrogen-bond donors (Lipinski definition) is 0. The molecule has 5 nitrogen and oxygen atoms in total. The third kappa shape index (κ3) is 2.60. The summed E-state index contributed by atoms with van der Waals surface area (Å²) >= 11 is 8.17. The number of pyridine rings is 1. The monoisotopic (exact) mass is 413 g/mol. The van der Waals surface area contributed by atoms with E-state index in [4.69, 9.17) is 16.3 Å². The van der Waals surface area contributed by atoms with Gasteiger partial charge in [0.2, 0.25) is 0 Å². The van der Waals surface area contributed by atoms with Crippen LogP contribution in [0.1, 0.15) is 10.5 Å². The topological polar surface area (TPSA) is 57.0 Å². The van der Waals surface area contributed by atoms with Gasteiger partial charge >= 0.3 is 5.97 Å². The second-order valence-corrected chi connectivity index (χ2v) is 5.87. The van der Waals surface area contributed by atoms with Crippen LogP contribution in [-0.4, -0.2) is 27.8 Å². The third-order valence-electron chi connectivity index (χ3n) is 2.93. The summed E-state index contributed by atoms with van der Waals surface area (Å²) in [4.78, 5) is 16.1. The quantitative estimate of drug-likeness (QED) is 0.367. The first-order valence-corrected chi connectivity index (χ1v) is 7.45. The number of hydrogen-bond acceptors (Lipinski definition) is 4. The summed E-state index contributed by atoms with van der Waals surface area (Å²) < 4.78 is 7.41. The summed E-state index contributed by atoms with van der Waals surface area (Å²) in [6, 6.07) is 11.0. The SMILES string of the molecule is COC(=O)c1nn(-c2cccc(I)c2)c2nc(Cl)ccc12. The number of esters is 1. The van der Waals surface area contributed by atoms with Crippen molar-refractivity contribution in [3.05, 3.63) is 50.8 Å². The lowest BCUT2D eigenvalue weighted by Crippen LogP contribution is -2.04. The average molecular weight is 414 g/mol. The van der Waals surface area contributed by atoms with E-state index in [2.05, 4.69) is 32.7 Å². The average Bonchev–Trinajstić information content (AvgIpc) is 2.85. The highest BCUT2D eigenvalue weighted by molar-refractivity contribution is 14.1. The number of halogens is 2. The summed E-state index contributed by atoms with van der Waals surface area (Å²) in [5.74, 6) is -0.506. The van der Waals surface area contributed by atoms with Crippen LogP contribution in [0, 0.1) is 3.57 Å². The molecule has 0 saturated carbocycles. The van der Waals surface area contributed by atoms with Crippen LogP contribution in [0.5, 0.6) is 0 Å². The number of fused-ring (bicyclic) bond motifs is 1. The standard InChI is InChI=1S/C14H9ClIN3O2/c1-21-14(20)12-10-5-6-11(15)17-13(10)19(18-12)9-4-2-3-8(16)7-9/h2-7H,1H3. The zero-order valence-electron chi connectivity index (χ0n) is 10.9. The Balaban J connectivity index is 2.32. The number of ether oxygens (including phenoxy) is 1. The van der Waals surface area contributed by atoms with Crippen molar-refractivity contribution >= 4 is 51.2 Å². The Morgan fingerprint density at radius 2 is 2.14 bits per heavy atom. The highest BCUT2D eigenvalue weighted by Gasteiger charge is 2.19. The summed E-state index contributed by atoms with van der Waals surface area (Å²) in [5, 5.41) is 5.27. The minimum absolute atomic E-state index is 0.218. The maximum atomic E-state index is 11.9. The number of aromatic nitrogens is 3. The van der Waals surface area contributed by atoms with E-state index in [0.29, 0.717) is 16.2 Å². The van der Waals surface area contributed by atoms with Crippen molar-refractivity contribution in [1.82, 2.24) is 14.8 Å². The van der Waals surface area contributed by atoms with Crippen molar-refractivity contribution < 1.29 is 9.53 Å². The molecule has 0 saturated heterocycles. The Morgan fingerprint density at radius 1 is 1.33 bits per heavy atom. The molecular formula is C14H9ClIN3O2. The first-order chi connectivity index (χ1) is 10.1. The molecular weight excluding hydrogens is 405 g/mol. The Hall–Kier alpha value is -1.67. The van der Waals surface area contributed by atoms with Crippen LogP contribution in [0.4, 0.5) is 0 Å². The van der Waals surface area contributed by atoms with Crippen molar-refractivity contribution in [3.63, 3.8) is 0 Å². The molecule has 1 aromatic carbocycles. The molecule has 3 aromatic rings. The predicted molar refractivity (Wildman–Crippen MR) is 87.9 cm³/mol. The molecule has 0 spiro atoms. The largest absolute Gasteiger partial charge is 0.464 e. The summed E-state index contributed by atoms with van der Waals surface area (Å²) in [6.45, 7) is 0. The second-order valence-electron chi connectivity index (χ2n) is 4.24. The van der Waals surface area contributed by atoms with Crippen LogP contribution < -0.4 is 0 Å². The van der Waals surface area contributed by atoms with Crippen LogP contribution in [0.2, 0.25) is 5.15 Å². The molecule has 0 aliphatic rings. The molecule has 2 aromatic heterocycles. The Bertz CT molecular complexity index is 847. The molecule has 0 amide bonds. The van der Waals surface area contributed by atoms with Crippen LogP contribution in [-0.2, 0) is 4.74 Å². The van der Waals surface area contributed by atoms with Gasteiger partial charge in [-0.05, 0) is 52.9 Å². The zero-order chi connectivity index (χ0) is 15.0. The molecule has 0 radical (unpaired) electrons. The predicted octanol–water partition coefficient (Wildman–Crippen LogP) is 3.47. The van der Waals surface area contributed by atoms with E-state index in [1.165, 1.54) is 7.11 Å². The third-order valence-corrected chi connectivity index (χ3v) is 3.81. The van der Waals surface area contributed by atoms with Crippen LogP contribution in [0.25, 0.3) is 16.7 Å². The van der Waals surface area contributed by atoms with Crippen molar-refractivity contribution in [2.75, 3.05) is 7.11 Å². The van der Waals surface area contributed by atoms with Gasteiger partial charge in [-0.3, -0.25) is 0 Å². The number of benzene rings is 1. The fourth-order valence-corrected chi connectivity index (χ4v) is 2.68. The van der Waals surface area contributed by atoms with Gasteiger partial charge in [-0.25, -0.2) is 14.5 Å². The highest BCUT2D eigenvalue weighted by atomic mass is 127. The number of rotatable bonds is 2. The molecule has 106 valence electrons. The number of nitrogens with zero attached hydrogens (tertiary/aromatic N) is 3. The van der Waals surface area contributed by atoms with Gasteiger partial charge in [-0.15, -0.1) is 0 Å². The van der Waals surface area contributed by atoms with Crippen LogP contribution >= 0.6 is 34.2 Å². The van der Waals surface area contributed by atoms with Crippen molar-refractivity contribution in [1.29, 1.82) is 0 Å². The number of methoxy groups -OCH3 is 1. The first kappa shape index (κ1) is 14.3. The van der Waals surface area contributed by atoms with Gasteiger partial charge in [-0.1, -0.05) is 17.7 Å². The van der Waals surface area contributed by atoms with Crippen molar-refractivity contribution in [3.8, 4) is 5.69 Å². The molecule has 0 atom stereocenters. The minimum atomic E-state index is -0.506. The van der Waals surface area contributed by atoms with Gasteiger partial charge < -0.3 is 4.74 Å². The molecule has 0 aliphatic heterocycles. The van der Waals surface area contributed by atoms with Gasteiger partial charge in [-0.2, -0.15) is 5.10 Å². The highest BCUT2D eigenvalue weighted by Crippen LogP contribution is 2.23. The van der Waals surface area contributed by atoms with E-state index in [0.717, 1.165) is 9.26 Å². The van der Waals surface area contributed by atoms with E-state index in [1.54, 1.807) is 16.8 Å². The second kappa shape index (κ2) is 5.61. The van der Waals surface area contributed by atoms with Crippen LogP contribution in [0.15, 0.2) is 36.4 Å². The maximum absolute atomic E-state index is 11.9. The molecule has 0 unspecified atom stereocenters. The molecule has 2 heterocycles. The maximum Gasteiger partial charge on any atom is 0.359 e. The normalized spacial score (nSPS) is 10.8. The molecule has 3 rings (SSSR count). The lowest BCUT2D eigenvalue weighted by atomic mass is 10.2. The molecule has 0 bridgehead atoms. The fraction of sp³-hybridized carbons (Fsp3) is 0.0714. The number of carbonyl (C=O) groups is 1. The molecule has 21 heavy (non-hydrogen) atoms. The Labute approximate surface area is 139 Å². The summed E-state index contributed by atoms with van der Waals surface area (Å²) in [6.07, 6.45) is 0. The molecule has 7 heteroatoms. The van der Waals surface area contributed by atoms with Gasteiger partial charge in [0.05, 0.1) is 18.2 Å². The lowest BCUT2D eigenvalue weighted by Gasteiger charge is -2.03. The fourth-order valence-electron chi connectivity index (χ4n) is 2.01. The van der Waals surface area contributed by atoms with Gasteiger partial charge in [0.25, 0.3) is 0 Å². The first-order valence-electron chi connectivity index (χ1n) is 5.99. The van der Waals surface area contributed by atoms with Crippen LogP contribution in [0.3, 0.4) is 0 Å². The van der Waals surface area contributed by atoms with E-state index in [9.17, 15) is 4.79 Å². The van der Waals surface area contributed by atoms with Crippen molar-refractivity contribution in [2.45, 2.75) is 0 Å². The molecule has 0 fully saturated rings. The summed E-state index contributed by atoms with van der Waals surface area (Å²) in [5.41, 5.74) is 1.54. The molecule has 0 N–H and O–H groups in total. The van der Waals surface area contributed by atoms with Gasteiger partial charge in [0.1, 0.15) is 5.15 Å². The summed E-state index contributed by atoms with van der Waals surface area (Å²) in [7, 11) is 1.32. The lowest BCUT2D eigenvalue weighted by molar-refractivity contribution is 0.0595. The minimum Gasteiger partial charge on any atom is -0.464 e. The molecule has 0 aliphatic carbocycles. The van der Waals surface area contributed by atoms with Gasteiger partial charge in [0, 0.05) is 3.57 Å².